The number of ether oxygens (including phenoxy) is 1. The molecular weight excluding hydrogens is 214 g/mol. The molecule has 96 valence electrons. The number of hydrogen-bond acceptors (Lipinski definition) is 3. The Morgan fingerprint density at radius 2 is 2.47 bits per heavy atom. The summed E-state index contributed by atoms with van der Waals surface area (Å²) in [7, 11) is 4.08. The number of aromatic nitrogens is 2. The van der Waals surface area contributed by atoms with E-state index in [4.69, 9.17) is 4.74 Å². The molecule has 0 spiro atoms. The summed E-state index contributed by atoms with van der Waals surface area (Å²) < 4.78 is 7.86. The highest BCUT2D eigenvalue weighted by Gasteiger charge is 2.40. The van der Waals surface area contributed by atoms with Gasteiger partial charge in [-0.1, -0.05) is 0 Å². The molecule has 0 amide bonds. The van der Waals surface area contributed by atoms with Crippen molar-refractivity contribution in [3.63, 3.8) is 0 Å². The average Bonchev–Trinajstić information content (AvgIpc) is 2.85. The lowest BCUT2D eigenvalue weighted by molar-refractivity contribution is 0.0593. The summed E-state index contributed by atoms with van der Waals surface area (Å²) in [6, 6.07) is 0. The Balaban J connectivity index is 2.01. The molecule has 0 saturated carbocycles. The van der Waals surface area contributed by atoms with E-state index in [0.717, 1.165) is 32.4 Å². The minimum atomic E-state index is 0.278. The van der Waals surface area contributed by atoms with Crippen molar-refractivity contribution >= 4 is 0 Å². The Kier molecular flexibility index (Phi) is 3.84. The first-order valence-electron chi connectivity index (χ1n) is 6.40. The largest absolute Gasteiger partial charge is 0.378 e. The van der Waals surface area contributed by atoms with Crippen LogP contribution in [0.4, 0.5) is 0 Å². The van der Waals surface area contributed by atoms with Gasteiger partial charge in [0.05, 0.1) is 6.10 Å². The Morgan fingerprint density at radius 3 is 3.00 bits per heavy atom. The molecule has 17 heavy (non-hydrogen) atoms. The van der Waals surface area contributed by atoms with Crippen molar-refractivity contribution in [3.8, 4) is 0 Å². The summed E-state index contributed by atoms with van der Waals surface area (Å²) in [6.07, 6.45) is 7.54. The van der Waals surface area contributed by atoms with Crippen LogP contribution in [0.15, 0.2) is 12.4 Å². The highest BCUT2D eigenvalue weighted by molar-refractivity contribution is 4.97. The zero-order chi connectivity index (χ0) is 12.3. The van der Waals surface area contributed by atoms with Gasteiger partial charge in [-0.2, -0.15) is 0 Å². The molecule has 2 heterocycles. The van der Waals surface area contributed by atoms with Gasteiger partial charge in [0.25, 0.3) is 0 Å². The van der Waals surface area contributed by atoms with E-state index in [1.54, 1.807) is 0 Å². The van der Waals surface area contributed by atoms with E-state index in [9.17, 15) is 0 Å². The third-order valence-corrected chi connectivity index (χ3v) is 4.13. The van der Waals surface area contributed by atoms with Gasteiger partial charge in [-0.05, 0) is 26.8 Å². The van der Waals surface area contributed by atoms with Crippen LogP contribution in [0.5, 0.6) is 0 Å². The van der Waals surface area contributed by atoms with Crippen molar-refractivity contribution < 1.29 is 4.74 Å². The summed E-state index contributed by atoms with van der Waals surface area (Å²) in [5, 5.41) is 3.32. The molecule has 0 aromatic carbocycles. The number of rotatable bonds is 5. The van der Waals surface area contributed by atoms with Crippen molar-refractivity contribution in [1.82, 2.24) is 14.9 Å². The fourth-order valence-electron chi connectivity index (χ4n) is 2.82. The molecule has 1 aliphatic heterocycles. The summed E-state index contributed by atoms with van der Waals surface area (Å²) in [5.41, 5.74) is 0.278. The third-order valence-electron chi connectivity index (χ3n) is 4.13. The quantitative estimate of drug-likeness (QED) is 0.840. The van der Waals surface area contributed by atoms with Crippen LogP contribution in [-0.2, 0) is 18.2 Å². The zero-order valence-electron chi connectivity index (χ0n) is 11.1. The van der Waals surface area contributed by atoms with Gasteiger partial charge in [-0.3, -0.25) is 0 Å². The van der Waals surface area contributed by atoms with E-state index in [1.165, 1.54) is 5.82 Å². The first-order chi connectivity index (χ1) is 8.18. The number of imidazole rings is 1. The molecule has 0 bridgehead atoms. The minimum absolute atomic E-state index is 0.278. The molecule has 1 N–H and O–H groups in total. The molecule has 1 aromatic heterocycles. The Morgan fingerprint density at radius 1 is 1.65 bits per heavy atom. The maximum absolute atomic E-state index is 5.75. The summed E-state index contributed by atoms with van der Waals surface area (Å²) in [5.74, 6) is 1.17. The molecular formula is C13H23N3O. The van der Waals surface area contributed by atoms with E-state index in [0.29, 0.717) is 6.10 Å². The van der Waals surface area contributed by atoms with Crippen LogP contribution in [0.1, 0.15) is 25.6 Å². The third kappa shape index (κ3) is 2.53. The van der Waals surface area contributed by atoms with Crippen LogP contribution < -0.4 is 5.32 Å². The molecule has 4 nitrogen and oxygen atoms in total. The predicted octanol–water partition coefficient (Wildman–Crippen LogP) is 1.37. The lowest BCUT2D eigenvalue weighted by Crippen LogP contribution is -2.38. The summed E-state index contributed by atoms with van der Waals surface area (Å²) in [4.78, 5) is 4.39. The zero-order valence-corrected chi connectivity index (χ0v) is 11.1. The monoisotopic (exact) mass is 237 g/mol. The molecule has 1 fully saturated rings. The average molecular weight is 237 g/mol. The smallest absolute Gasteiger partial charge is 0.108 e. The van der Waals surface area contributed by atoms with Gasteiger partial charge in [-0.15, -0.1) is 0 Å². The van der Waals surface area contributed by atoms with Crippen molar-refractivity contribution in [3.05, 3.63) is 18.2 Å². The van der Waals surface area contributed by atoms with E-state index in [1.807, 2.05) is 19.4 Å². The molecule has 2 atom stereocenters. The number of aryl methyl sites for hydroxylation is 2. The van der Waals surface area contributed by atoms with Gasteiger partial charge in [0.2, 0.25) is 0 Å². The SMILES string of the molecule is CNCC1(CCc2nccn2C)CCOC1C. The molecule has 2 rings (SSSR count). The first kappa shape index (κ1) is 12.6. The van der Waals surface area contributed by atoms with Crippen molar-refractivity contribution in [2.75, 3.05) is 20.2 Å². The number of nitrogens with zero attached hydrogens (tertiary/aromatic N) is 2. The maximum atomic E-state index is 5.75. The lowest BCUT2D eigenvalue weighted by atomic mass is 9.77. The molecule has 1 saturated heterocycles. The van der Waals surface area contributed by atoms with Crippen LogP contribution in [0, 0.1) is 5.41 Å². The van der Waals surface area contributed by atoms with Crippen molar-refractivity contribution in [2.24, 2.45) is 12.5 Å². The predicted molar refractivity (Wildman–Crippen MR) is 67.9 cm³/mol. The highest BCUT2D eigenvalue weighted by Crippen LogP contribution is 2.38. The van der Waals surface area contributed by atoms with E-state index < -0.39 is 0 Å². The number of hydrogen-bond donors (Lipinski definition) is 1. The Labute approximate surface area is 103 Å². The fourth-order valence-corrected chi connectivity index (χ4v) is 2.82. The second kappa shape index (κ2) is 5.19. The maximum Gasteiger partial charge on any atom is 0.108 e. The van der Waals surface area contributed by atoms with Crippen LogP contribution >= 0.6 is 0 Å². The standard InChI is InChI=1S/C13H23N3O/c1-11-13(10-14-2,6-9-17-11)5-4-12-15-7-8-16(12)3/h7-8,11,14H,4-6,9-10H2,1-3H3. The van der Waals surface area contributed by atoms with E-state index in [-0.39, 0.29) is 5.41 Å². The Bertz CT molecular complexity index is 363. The molecule has 2 unspecified atom stereocenters. The van der Waals surface area contributed by atoms with Gasteiger partial charge in [0.1, 0.15) is 5.82 Å². The summed E-state index contributed by atoms with van der Waals surface area (Å²) in [6.45, 7) is 4.12. The van der Waals surface area contributed by atoms with Crippen LogP contribution in [-0.4, -0.2) is 35.9 Å². The number of nitrogens with one attached hydrogen (secondary N) is 1. The van der Waals surface area contributed by atoms with Crippen molar-refractivity contribution in [2.45, 2.75) is 32.3 Å². The molecule has 0 aliphatic carbocycles. The Hall–Kier alpha value is -0.870. The van der Waals surface area contributed by atoms with E-state index >= 15 is 0 Å². The van der Waals surface area contributed by atoms with Gasteiger partial charge in [0.15, 0.2) is 0 Å². The van der Waals surface area contributed by atoms with Gasteiger partial charge < -0.3 is 14.6 Å². The van der Waals surface area contributed by atoms with Crippen LogP contribution in [0.25, 0.3) is 0 Å². The molecule has 4 heteroatoms. The molecule has 1 aliphatic rings. The second-order valence-corrected chi connectivity index (χ2v) is 5.11. The lowest BCUT2D eigenvalue weighted by Gasteiger charge is -2.32. The fraction of sp³-hybridized carbons (Fsp3) is 0.769. The van der Waals surface area contributed by atoms with Crippen molar-refractivity contribution in [1.29, 1.82) is 0 Å². The second-order valence-electron chi connectivity index (χ2n) is 5.11. The van der Waals surface area contributed by atoms with Crippen LogP contribution in [0.2, 0.25) is 0 Å². The summed E-state index contributed by atoms with van der Waals surface area (Å²) >= 11 is 0. The first-order valence-corrected chi connectivity index (χ1v) is 6.40. The van der Waals surface area contributed by atoms with E-state index in [2.05, 4.69) is 28.8 Å². The van der Waals surface area contributed by atoms with Gasteiger partial charge >= 0.3 is 0 Å². The minimum Gasteiger partial charge on any atom is -0.378 e. The highest BCUT2D eigenvalue weighted by atomic mass is 16.5. The van der Waals surface area contributed by atoms with Gasteiger partial charge in [0, 0.05) is 44.4 Å². The van der Waals surface area contributed by atoms with Crippen LogP contribution in [0.3, 0.4) is 0 Å². The molecule has 1 aromatic rings. The van der Waals surface area contributed by atoms with Gasteiger partial charge in [-0.25, -0.2) is 4.98 Å². The topological polar surface area (TPSA) is 39.1 Å². The molecule has 0 radical (unpaired) electrons. The normalized spacial score (nSPS) is 28.8.